The third kappa shape index (κ3) is 5.57. The maximum absolute atomic E-state index is 13.3. The highest BCUT2D eigenvalue weighted by Crippen LogP contribution is 2.26. The summed E-state index contributed by atoms with van der Waals surface area (Å²) in [5, 5.41) is 22.0. The number of H-pyrrole nitrogens is 1. The molecule has 7 heteroatoms. The standard InChI is InChI=1S/C27H26N4O3/c32-16-15-28-27(34)25(17-19-9-3-1-4-10-19)29-26(33)22-14-8-7-13-21(22)24-18-23(30-31-24)20-11-5-2-6-12-20/h1-14,18,25,32H,15-17H2,(H,28,34)(H,29,33)(H,30,31)/t25-/m0/s1. The van der Waals surface area contributed by atoms with Gasteiger partial charge in [-0.2, -0.15) is 5.10 Å². The summed E-state index contributed by atoms with van der Waals surface area (Å²) in [6.45, 7) is -0.0584. The number of amides is 2. The maximum Gasteiger partial charge on any atom is 0.252 e. The van der Waals surface area contributed by atoms with E-state index in [0.717, 1.165) is 16.8 Å². The van der Waals surface area contributed by atoms with Crippen LogP contribution in [0.2, 0.25) is 0 Å². The largest absolute Gasteiger partial charge is 0.395 e. The van der Waals surface area contributed by atoms with Crippen LogP contribution < -0.4 is 10.6 Å². The summed E-state index contributed by atoms with van der Waals surface area (Å²) >= 11 is 0. The van der Waals surface area contributed by atoms with Crippen molar-refractivity contribution in [3.8, 4) is 22.5 Å². The Morgan fingerprint density at radius 1 is 0.912 bits per heavy atom. The van der Waals surface area contributed by atoms with Gasteiger partial charge in [-0.1, -0.05) is 78.9 Å². The molecule has 1 heterocycles. The molecule has 0 aliphatic carbocycles. The topological polar surface area (TPSA) is 107 Å². The Bertz CT molecular complexity index is 1240. The molecule has 0 fully saturated rings. The average Bonchev–Trinajstić information content (AvgIpc) is 3.38. The molecule has 1 atom stereocenters. The van der Waals surface area contributed by atoms with E-state index >= 15 is 0 Å². The van der Waals surface area contributed by atoms with Crippen LogP contribution in [-0.4, -0.2) is 46.3 Å². The third-order valence-corrected chi connectivity index (χ3v) is 5.42. The molecule has 4 N–H and O–H groups in total. The second-order valence-electron chi connectivity index (χ2n) is 7.81. The number of aliphatic hydroxyl groups is 1. The lowest BCUT2D eigenvalue weighted by molar-refractivity contribution is -0.123. The van der Waals surface area contributed by atoms with Crippen molar-refractivity contribution in [3.05, 3.63) is 102 Å². The van der Waals surface area contributed by atoms with E-state index in [2.05, 4.69) is 20.8 Å². The molecule has 0 radical (unpaired) electrons. The van der Waals surface area contributed by atoms with Gasteiger partial charge in [0.25, 0.3) is 5.91 Å². The molecular weight excluding hydrogens is 428 g/mol. The van der Waals surface area contributed by atoms with Crippen molar-refractivity contribution in [2.45, 2.75) is 12.5 Å². The van der Waals surface area contributed by atoms with Gasteiger partial charge >= 0.3 is 0 Å². The Hall–Kier alpha value is -4.23. The molecule has 4 rings (SSSR count). The number of hydrogen-bond donors (Lipinski definition) is 4. The summed E-state index contributed by atoms with van der Waals surface area (Å²) in [4.78, 5) is 26.1. The number of nitrogens with zero attached hydrogens (tertiary/aromatic N) is 1. The fourth-order valence-electron chi connectivity index (χ4n) is 3.73. The van der Waals surface area contributed by atoms with E-state index in [1.54, 1.807) is 12.1 Å². The van der Waals surface area contributed by atoms with Gasteiger partial charge in [0.2, 0.25) is 5.91 Å². The van der Waals surface area contributed by atoms with Crippen LogP contribution in [-0.2, 0) is 11.2 Å². The van der Waals surface area contributed by atoms with Crippen molar-refractivity contribution < 1.29 is 14.7 Å². The van der Waals surface area contributed by atoms with Crippen LogP contribution in [0.3, 0.4) is 0 Å². The van der Waals surface area contributed by atoms with Crippen molar-refractivity contribution in [3.63, 3.8) is 0 Å². The van der Waals surface area contributed by atoms with E-state index in [9.17, 15) is 9.59 Å². The Morgan fingerprint density at radius 3 is 2.32 bits per heavy atom. The minimum atomic E-state index is -0.795. The van der Waals surface area contributed by atoms with Crippen LogP contribution in [0, 0.1) is 0 Å². The van der Waals surface area contributed by atoms with Crippen LogP contribution in [0.15, 0.2) is 91.0 Å². The van der Waals surface area contributed by atoms with Gasteiger partial charge in [0.15, 0.2) is 0 Å². The molecule has 3 aromatic carbocycles. The number of aliphatic hydroxyl groups excluding tert-OH is 1. The highest BCUT2D eigenvalue weighted by atomic mass is 16.3. The van der Waals surface area contributed by atoms with Crippen molar-refractivity contribution in [2.75, 3.05) is 13.2 Å². The molecule has 4 aromatic rings. The number of aromatic amines is 1. The zero-order valence-electron chi connectivity index (χ0n) is 18.6. The molecular formula is C27H26N4O3. The molecule has 2 amide bonds. The summed E-state index contributed by atoms with van der Waals surface area (Å²) in [6, 6.07) is 27.6. The van der Waals surface area contributed by atoms with Gasteiger partial charge in [0, 0.05) is 29.7 Å². The van der Waals surface area contributed by atoms with Crippen LogP contribution in [0.1, 0.15) is 15.9 Å². The first-order chi connectivity index (χ1) is 16.7. The van der Waals surface area contributed by atoms with Crippen molar-refractivity contribution in [1.82, 2.24) is 20.8 Å². The molecule has 7 nitrogen and oxygen atoms in total. The summed E-state index contributed by atoms with van der Waals surface area (Å²) in [7, 11) is 0. The molecule has 0 saturated carbocycles. The van der Waals surface area contributed by atoms with Gasteiger partial charge in [0.05, 0.1) is 18.0 Å². The molecule has 0 bridgehead atoms. The van der Waals surface area contributed by atoms with Gasteiger partial charge < -0.3 is 15.7 Å². The van der Waals surface area contributed by atoms with E-state index in [1.165, 1.54) is 0 Å². The van der Waals surface area contributed by atoms with Gasteiger partial charge in [-0.25, -0.2) is 0 Å². The smallest absolute Gasteiger partial charge is 0.252 e. The predicted molar refractivity (Wildman–Crippen MR) is 131 cm³/mol. The number of benzene rings is 3. The first kappa shape index (κ1) is 22.9. The Balaban J connectivity index is 1.58. The monoisotopic (exact) mass is 454 g/mol. The number of nitrogens with one attached hydrogen (secondary N) is 3. The molecule has 1 aromatic heterocycles. The number of rotatable bonds is 9. The molecule has 0 spiro atoms. The second-order valence-corrected chi connectivity index (χ2v) is 7.81. The lowest BCUT2D eigenvalue weighted by atomic mass is 10.0. The van der Waals surface area contributed by atoms with E-state index in [0.29, 0.717) is 23.2 Å². The number of hydrogen-bond acceptors (Lipinski definition) is 4. The van der Waals surface area contributed by atoms with Crippen LogP contribution in [0.25, 0.3) is 22.5 Å². The molecule has 34 heavy (non-hydrogen) atoms. The van der Waals surface area contributed by atoms with E-state index in [4.69, 9.17) is 5.11 Å². The zero-order valence-corrected chi connectivity index (χ0v) is 18.6. The van der Waals surface area contributed by atoms with Crippen LogP contribution in [0.4, 0.5) is 0 Å². The van der Waals surface area contributed by atoms with Gasteiger partial charge in [-0.15, -0.1) is 0 Å². The van der Waals surface area contributed by atoms with E-state index in [-0.39, 0.29) is 25.0 Å². The SMILES string of the molecule is O=C(N[C@@H](Cc1ccccc1)C(=O)NCCO)c1ccccc1-c1cc(-c2ccccc2)n[nH]1. The van der Waals surface area contributed by atoms with Gasteiger partial charge in [0.1, 0.15) is 6.04 Å². The molecule has 0 aliphatic heterocycles. The Labute approximate surface area is 197 Å². The minimum absolute atomic E-state index is 0.118. The summed E-state index contributed by atoms with van der Waals surface area (Å²) in [6.07, 6.45) is 0.328. The van der Waals surface area contributed by atoms with Crippen molar-refractivity contribution in [1.29, 1.82) is 0 Å². The molecule has 0 aliphatic rings. The molecule has 0 unspecified atom stereocenters. The van der Waals surface area contributed by atoms with E-state index < -0.39 is 6.04 Å². The Kier molecular flexibility index (Phi) is 7.47. The number of carbonyl (C=O) groups is 2. The second kappa shape index (κ2) is 11.1. The maximum atomic E-state index is 13.3. The highest BCUT2D eigenvalue weighted by molar-refractivity contribution is 6.02. The van der Waals surface area contributed by atoms with Crippen LogP contribution in [0.5, 0.6) is 0 Å². The quantitative estimate of drug-likeness (QED) is 0.312. The van der Waals surface area contributed by atoms with Crippen LogP contribution >= 0.6 is 0 Å². The third-order valence-electron chi connectivity index (χ3n) is 5.42. The first-order valence-corrected chi connectivity index (χ1v) is 11.1. The fourth-order valence-corrected chi connectivity index (χ4v) is 3.73. The van der Waals surface area contributed by atoms with Crippen molar-refractivity contribution in [2.24, 2.45) is 0 Å². The minimum Gasteiger partial charge on any atom is -0.395 e. The summed E-state index contributed by atoms with van der Waals surface area (Å²) in [5.41, 5.74) is 4.48. The molecule has 0 saturated heterocycles. The first-order valence-electron chi connectivity index (χ1n) is 11.1. The van der Waals surface area contributed by atoms with Gasteiger partial charge in [-0.3, -0.25) is 14.7 Å². The number of carbonyl (C=O) groups excluding carboxylic acids is 2. The normalized spacial score (nSPS) is 11.6. The predicted octanol–water partition coefficient (Wildman–Crippen LogP) is 3.19. The lowest BCUT2D eigenvalue weighted by Gasteiger charge is -2.19. The van der Waals surface area contributed by atoms with Gasteiger partial charge in [-0.05, 0) is 17.7 Å². The van der Waals surface area contributed by atoms with E-state index in [1.807, 2.05) is 78.9 Å². The lowest BCUT2D eigenvalue weighted by Crippen LogP contribution is -2.48. The summed E-state index contributed by atoms with van der Waals surface area (Å²) < 4.78 is 0. The summed E-state index contributed by atoms with van der Waals surface area (Å²) in [5.74, 6) is -0.719. The van der Waals surface area contributed by atoms with Crippen molar-refractivity contribution >= 4 is 11.8 Å². The fraction of sp³-hybridized carbons (Fsp3) is 0.148. The Morgan fingerprint density at radius 2 is 1.59 bits per heavy atom. The molecule has 172 valence electrons. The average molecular weight is 455 g/mol. The number of aromatic nitrogens is 2. The zero-order chi connectivity index (χ0) is 23.8. The highest BCUT2D eigenvalue weighted by Gasteiger charge is 2.23.